The highest BCUT2D eigenvalue weighted by molar-refractivity contribution is 6.31. The largest absolute Gasteiger partial charge is 0.422 e. The highest BCUT2D eigenvalue weighted by atomic mass is 35.5. The Hall–Kier alpha value is -11.0. The van der Waals surface area contributed by atoms with E-state index in [1.54, 1.807) is 170 Å². The van der Waals surface area contributed by atoms with Gasteiger partial charge in [-0.3, -0.25) is 9.59 Å². The summed E-state index contributed by atoms with van der Waals surface area (Å²) < 4.78 is 24.1. The molecule has 2 N–H and O–H groups in total. The van der Waals surface area contributed by atoms with Gasteiger partial charge in [-0.05, 0) is 143 Å². The minimum absolute atomic E-state index is 0.102. The first-order valence-corrected chi connectivity index (χ1v) is 32.8. The van der Waals surface area contributed by atoms with Gasteiger partial charge in [0.1, 0.15) is 11.2 Å². The van der Waals surface area contributed by atoms with E-state index >= 15 is 0 Å². The van der Waals surface area contributed by atoms with E-state index in [1.165, 1.54) is 0 Å². The van der Waals surface area contributed by atoms with Crippen LogP contribution in [0.5, 0.6) is 0 Å². The van der Waals surface area contributed by atoms with Crippen molar-refractivity contribution in [3.63, 3.8) is 0 Å². The van der Waals surface area contributed by atoms with Crippen LogP contribution in [0.2, 0.25) is 20.1 Å². The number of fused-ring (bicyclic) bond motifs is 6. The predicted octanol–water partition coefficient (Wildman–Crippen LogP) is 16.5. The predicted molar refractivity (Wildman–Crippen MR) is 377 cm³/mol. The van der Waals surface area contributed by atoms with E-state index in [9.17, 15) is 28.8 Å². The minimum atomic E-state index is -1.80. The molecule has 2 spiro atoms. The minimum Gasteiger partial charge on any atom is -0.422 e. The number of esters is 2. The lowest BCUT2D eigenvalue weighted by molar-refractivity contribution is -0.142. The van der Waals surface area contributed by atoms with Gasteiger partial charge in [-0.15, -0.1) is 0 Å². The highest BCUT2D eigenvalue weighted by Gasteiger charge is 2.67. The van der Waals surface area contributed by atoms with Gasteiger partial charge in [-0.25, -0.2) is 29.2 Å². The lowest BCUT2D eigenvalue weighted by atomic mass is 9.58. The number of cyclic esters (lactones) is 2. The van der Waals surface area contributed by atoms with Crippen LogP contribution in [0.3, 0.4) is 0 Å². The van der Waals surface area contributed by atoms with E-state index in [-0.39, 0.29) is 22.9 Å². The van der Waals surface area contributed by atoms with Gasteiger partial charge in [-0.2, -0.15) is 0 Å². The van der Waals surface area contributed by atoms with E-state index < -0.39 is 81.8 Å². The first kappa shape index (κ1) is 63.1. The Morgan fingerprint density at radius 2 is 0.643 bits per heavy atom. The second-order valence-electron chi connectivity index (χ2n) is 24.1. The van der Waals surface area contributed by atoms with Crippen molar-refractivity contribution >= 4 is 104 Å². The summed E-state index contributed by atoms with van der Waals surface area (Å²) in [5.41, 5.74) is 1.68. The third-order valence-corrected chi connectivity index (χ3v) is 19.6. The van der Waals surface area contributed by atoms with Crippen LogP contribution in [0.15, 0.2) is 295 Å². The molecule has 18 heteroatoms. The number of carbonyl (C=O) groups excluding carboxylic acids is 4. The van der Waals surface area contributed by atoms with Gasteiger partial charge in [0.15, 0.2) is 11.1 Å². The summed E-state index contributed by atoms with van der Waals surface area (Å²) >= 11 is 25.5. The zero-order valence-corrected chi connectivity index (χ0v) is 54.4. The standard InChI is InChI=1S/2C40H26Cl2N2O5/c2*41-27-19-15-23(16-20-27)33-32-31(29-13-7-8-14-30(29)48-38(32)46)35(43-36(45)25-9-3-1-4-10-25)34(24-17-21-28(42)22-18-24)40(33)39(47)49-37(44-40)26-11-5-2-6-12-26/h2*1-22,33-35H,(H,43,45)/t2*33-,34+,35-,40+/m10/s1. The summed E-state index contributed by atoms with van der Waals surface area (Å²) in [4.78, 5) is 97.2. The molecule has 12 aromatic rings. The molecule has 0 unspecified atom stereocenters. The maximum absolute atomic E-state index is 14.9. The molecule has 0 saturated carbocycles. The third kappa shape index (κ3) is 11.0. The number of nitrogens with zero attached hydrogens (tertiary/aromatic N) is 2. The fraction of sp³-hybridized carbons (Fsp3) is 0.100. The molecule has 0 saturated heterocycles. The number of rotatable bonds is 10. The second-order valence-corrected chi connectivity index (χ2v) is 25.8. The van der Waals surface area contributed by atoms with E-state index in [2.05, 4.69) is 10.6 Å². The van der Waals surface area contributed by atoms with Crippen LogP contribution in [0.25, 0.3) is 21.9 Å². The Bertz CT molecular complexity index is 4980. The molecule has 2 aliphatic heterocycles. The van der Waals surface area contributed by atoms with E-state index in [0.29, 0.717) is 97.7 Å². The first-order chi connectivity index (χ1) is 47.7. The fourth-order valence-corrected chi connectivity index (χ4v) is 15.0. The molecule has 4 heterocycles. The Morgan fingerprint density at radius 1 is 0.347 bits per heavy atom. The van der Waals surface area contributed by atoms with Gasteiger partial charge in [-0.1, -0.05) is 204 Å². The maximum atomic E-state index is 14.9. The molecule has 2 aromatic heterocycles. The van der Waals surface area contributed by atoms with Crippen LogP contribution in [-0.4, -0.2) is 46.6 Å². The average molecular weight is 1370 g/mol. The molecule has 2 aliphatic carbocycles. The van der Waals surface area contributed by atoms with E-state index in [4.69, 9.17) is 74.7 Å². The van der Waals surface area contributed by atoms with Gasteiger partial charge in [0.2, 0.25) is 11.8 Å². The monoisotopic (exact) mass is 1370 g/mol. The second kappa shape index (κ2) is 25.9. The molecule has 0 radical (unpaired) electrons. The lowest BCUT2D eigenvalue weighted by Gasteiger charge is -2.47. The molecule has 4 aliphatic rings. The molecular formula is C80H52Cl4N4O10. The molecule has 16 rings (SSSR count). The zero-order valence-electron chi connectivity index (χ0n) is 51.4. The Morgan fingerprint density at radius 3 is 0.980 bits per heavy atom. The number of hydrogen-bond donors (Lipinski definition) is 2. The number of benzene rings is 10. The molecule has 480 valence electrons. The van der Waals surface area contributed by atoms with E-state index in [0.717, 1.165) is 0 Å². The van der Waals surface area contributed by atoms with Gasteiger partial charge in [0.25, 0.3) is 11.8 Å². The smallest absolute Gasteiger partial charge is 0.342 e. The molecule has 14 nitrogen and oxygen atoms in total. The Balaban J connectivity index is 0.000000160. The van der Waals surface area contributed by atoms with Crippen molar-refractivity contribution in [3.8, 4) is 0 Å². The van der Waals surface area contributed by atoms with Crippen LogP contribution in [0, 0.1) is 0 Å². The maximum Gasteiger partial charge on any atom is 0.342 e. The van der Waals surface area contributed by atoms with Crippen LogP contribution in [0.4, 0.5) is 0 Å². The topological polar surface area (TPSA) is 196 Å². The summed E-state index contributed by atoms with van der Waals surface area (Å²) in [6, 6.07) is 76.3. The molecule has 2 amide bonds. The number of amides is 2. The van der Waals surface area contributed by atoms with Crippen molar-refractivity contribution < 1.29 is 37.5 Å². The normalized spacial score (nSPS) is 21.2. The van der Waals surface area contributed by atoms with Crippen molar-refractivity contribution in [3.05, 3.63) is 375 Å². The van der Waals surface area contributed by atoms with E-state index in [1.807, 2.05) is 97.1 Å². The van der Waals surface area contributed by atoms with Gasteiger partial charge >= 0.3 is 23.2 Å². The van der Waals surface area contributed by atoms with Crippen LogP contribution in [0.1, 0.15) is 112 Å². The number of nitrogens with one attached hydrogen (secondary N) is 2. The molecule has 0 fully saturated rings. The Kier molecular flexibility index (Phi) is 16.6. The quantitative estimate of drug-likeness (QED) is 0.0982. The summed E-state index contributed by atoms with van der Waals surface area (Å²) in [6.07, 6.45) is 0. The third-order valence-electron chi connectivity index (χ3n) is 18.6. The summed E-state index contributed by atoms with van der Waals surface area (Å²) in [6.45, 7) is 0. The molecule has 98 heavy (non-hydrogen) atoms. The number of para-hydroxylation sites is 2. The molecular weight excluding hydrogens is 1320 g/mol. The SMILES string of the molecule is O=C(N[C@@H]1c2c(c(=O)oc3ccccc23)[C@@H](c2ccc(Cl)cc2)[C@]2(N=C(c3ccccc3)OC2=O)[C@H]1c1ccc(Cl)cc1)c1ccccc1.O=C(N[C@H]1c2c(c(=O)oc3ccccc23)[C@H](c2ccc(Cl)cc2)[C@@]2(N=C(c3ccccc3)OC2=O)[C@@H]1c1ccc(Cl)cc1)c1ccccc1. The van der Waals surface area contributed by atoms with Crippen molar-refractivity contribution in [2.24, 2.45) is 9.98 Å². The number of ether oxygens (including phenoxy) is 2. The van der Waals surface area contributed by atoms with Crippen molar-refractivity contribution in [1.82, 2.24) is 10.6 Å². The Labute approximate surface area is 579 Å². The number of aliphatic imine (C=N–C) groups is 2. The highest BCUT2D eigenvalue weighted by Crippen LogP contribution is 2.62. The number of hydrogen-bond acceptors (Lipinski definition) is 12. The molecule has 0 bridgehead atoms. The lowest BCUT2D eigenvalue weighted by Crippen LogP contribution is -2.56. The first-order valence-electron chi connectivity index (χ1n) is 31.3. The summed E-state index contributed by atoms with van der Waals surface area (Å²) in [7, 11) is 0. The van der Waals surface area contributed by atoms with Crippen molar-refractivity contribution in [2.75, 3.05) is 0 Å². The van der Waals surface area contributed by atoms with Crippen molar-refractivity contribution in [1.29, 1.82) is 0 Å². The van der Waals surface area contributed by atoms with Crippen LogP contribution < -0.4 is 21.9 Å². The van der Waals surface area contributed by atoms with Crippen molar-refractivity contribution in [2.45, 2.75) is 46.8 Å². The van der Waals surface area contributed by atoms with Gasteiger partial charge in [0, 0.05) is 65.0 Å². The average Bonchev–Trinajstić information content (AvgIpc) is 1.28. The number of carbonyl (C=O) groups is 4. The summed E-state index contributed by atoms with van der Waals surface area (Å²) in [5.74, 6) is -5.77. The van der Waals surface area contributed by atoms with Crippen LogP contribution in [-0.2, 0) is 19.1 Å². The van der Waals surface area contributed by atoms with Gasteiger partial charge in [0.05, 0.1) is 35.0 Å². The summed E-state index contributed by atoms with van der Waals surface area (Å²) in [5, 5.41) is 9.61. The van der Waals surface area contributed by atoms with Gasteiger partial charge < -0.3 is 28.9 Å². The fourth-order valence-electron chi connectivity index (χ4n) is 14.5. The zero-order chi connectivity index (χ0) is 67.4. The molecule has 10 aromatic carbocycles. The number of halogens is 4. The van der Waals surface area contributed by atoms with Crippen LogP contribution >= 0.6 is 46.4 Å². The molecule has 8 atom stereocenters.